The molecule has 20 heavy (non-hydrogen) atoms. The molecule has 1 heterocycles. The lowest BCUT2D eigenvalue weighted by Crippen LogP contribution is -2.26. The zero-order valence-corrected chi connectivity index (χ0v) is 13.4. The summed E-state index contributed by atoms with van der Waals surface area (Å²) in [5.41, 5.74) is 1.26. The Balaban J connectivity index is 2.35. The van der Waals surface area contributed by atoms with Gasteiger partial charge in [-0.05, 0) is 47.0 Å². The summed E-state index contributed by atoms with van der Waals surface area (Å²) in [7, 11) is 1.85. The molecule has 5 heteroatoms. The van der Waals surface area contributed by atoms with E-state index in [2.05, 4.69) is 21.0 Å². The summed E-state index contributed by atoms with van der Waals surface area (Å²) in [6.07, 6.45) is 1.18. The molecule has 1 unspecified atom stereocenters. The van der Waals surface area contributed by atoms with Crippen molar-refractivity contribution in [1.29, 1.82) is 0 Å². The van der Waals surface area contributed by atoms with Crippen molar-refractivity contribution in [2.75, 3.05) is 0 Å². The minimum absolute atomic E-state index is 0.346. The highest BCUT2D eigenvalue weighted by Gasteiger charge is 2.27. The fourth-order valence-electron chi connectivity index (χ4n) is 2.26. The Kier molecular flexibility index (Phi) is 4.30. The molecule has 2 rings (SSSR count). The summed E-state index contributed by atoms with van der Waals surface area (Å²) in [6, 6.07) is 6.07. The lowest BCUT2D eigenvalue weighted by molar-refractivity contribution is 0.0551. The molecule has 0 saturated heterocycles. The summed E-state index contributed by atoms with van der Waals surface area (Å²) in [5, 5.41) is 15.1. The van der Waals surface area contributed by atoms with Gasteiger partial charge in [-0.15, -0.1) is 0 Å². The first-order valence-electron chi connectivity index (χ1n) is 6.54. The van der Waals surface area contributed by atoms with E-state index in [1.165, 1.54) is 12.1 Å². The van der Waals surface area contributed by atoms with Crippen LogP contribution in [0.1, 0.15) is 30.8 Å². The first-order valence-corrected chi connectivity index (χ1v) is 7.33. The first kappa shape index (κ1) is 15.2. The third kappa shape index (κ3) is 2.94. The molecular formula is C15H18BrFN2O. The number of rotatable bonds is 4. The molecule has 0 saturated carbocycles. The number of nitrogens with zero attached hydrogens (tertiary/aromatic N) is 2. The third-order valence-electron chi connectivity index (χ3n) is 3.46. The second-order valence-corrected chi connectivity index (χ2v) is 5.94. The second-order valence-electron chi connectivity index (χ2n) is 5.15. The number of aryl methyl sites for hydroxylation is 2. The molecule has 0 amide bonds. The maximum absolute atomic E-state index is 13.3. The molecule has 0 radical (unpaired) electrons. The third-order valence-corrected chi connectivity index (χ3v) is 4.38. The highest BCUT2D eigenvalue weighted by Crippen LogP contribution is 2.30. The van der Waals surface area contributed by atoms with E-state index >= 15 is 0 Å². The molecular weight excluding hydrogens is 323 g/mol. The van der Waals surface area contributed by atoms with Gasteiger partial charge >= 0.3 is 0 Å². The first-order chi connectivity index (χ1) is 9.35. The SMILES string of the molecule is CCc1nn(C)c(CC(C)(O)c2cccc(F)c2)c1Br. The Morgan fingerprint density at radius 2 is 2.15 bits per heavy atom. The van der Waals surface area contributed by atoms with Gasteiger partial charge in [-0.25, -0.2) is 4.39 Å². The van der Waals surface area contributed by atoms with Crippen LogP contribution in [0.3, 0.4) is 0 Å². The van der Waals surface area contributed by atoms with Gasteiger partial charge in [-0.3, -0.25) is 4.68 Å². The van der Waals surface area contributed by atoms with Crippen LogP contribution in [0.4, 0.5) is 4.39 Å². The lowest BCUT2D eigenvalue weighted by Gasteiger charge is -2.24. The van der Waals surface area contributed by atoms with Gasteiger partial charge in [0, 0.05) is 13.5 Å². The fraction of sp³-hybridized carbons (Fsp3) is 0.400. The maximum atomic E-state index is 13.3. The topological polar surface area (TPSA) is 38.0 Å². The molecule has 1 aromatic heterocycles. The average Bonchev–Trinajstić information content (AvgIpc) is 2.66. The van der Waals surface area contributed by atoms with E-state index in [0.29, 0.717) is 12.0 Å². The molecule has 2 aromatic rings. The fourth-order valence-corrected chi connectivity index (χ4v) is 3.02. The van der Waals surface area contributed by atoms with E-state index in [-0.39, 0.29) is 5.82 Å². The summed E-state index contributed by atoms with van der Waals surface area (Å²) >= 11 is 3.53. The van der Waals surface area contributed by atoms with Gasteiger partial charge in [-0.1, -0.05) is 19.1 Å². The normalized spacial score (nSPS) is 14.3. The maximum Gasteiger partial charge on any atom is 0.123 e. The standard InChI is InChI=1S/C15H18BrFN2O/c1-4-12-14(16)13(19(3)18-12)9-15(2,20)10-6-5-7-11(17)8-10/h5-8,20H,4,9H2,1-3H3. The Morgan fingerprint density at radius 3 is 2.70 bits per heavy atom. The van der Waals surface area contributed by atoms with Gasteiger partial charge in [0.25, 0.3) is 0 Å². The van der Waals surface area contributed by atoms with E-state index in [4.69, 9.17) is 0 Å². The van der Waals surface area contributed by atoms with E-state index in [0.717, 1.165) is 22.3 Å². The van der Waals surface area contributed by atoms with Gasteiger partial charge < -0.3 is 5.11 Å². The van der Waals surface area contributed by atoms with E-state index in [1.807, 2.05) is 14.0 Å². The van der Waals surface area contributed by atoms with Crippen molar-refractivity contribution in [2.45, 2.75) is 32.3 Å². The molecule has 0 aliphatic heterocycles. The van der Waals surface area contributed by atoms with Crippen LogP contribution in [0.2, 0.25) is 0 Å². The quantitative estimate of drug-likeness (QED) is 0.926. The van der Waals surface area contributed by atoms with Gasteiger partial charge in [0.1, 0.15) is 5.82 Å². The van der Waals surface area contributed by atoms with Crippen molar-refractivity contribution in [1.82, 2.24) is 9.78 Å². The van der Waals surface area contributed by atoms with Crippen molar-refractivity contribution in [3.8, 4) is 0 Å². The number of hydrogen-bond acceptors (Lipinski definition) is 2. The van der Waals surface area contributed by atoms with Crippen LogP contribution in [0.15, 0.2) is 28.7 Å². The van der Waals surface area contributed by atoms with Gasteiger partial charge in [0.15, 0.2) is 0 Å². The highest BCUT2D eigenvalue weighted by molar-refractivity contribution is 9.10. The lowest BCUT2D eigenvalue weighted by atomic mass is 9.91. The molecule has 1 aromatic carbocycles. The van der Waals surface area contributed by atoms with E-state index in [1.54, 1.807) is 23.7 Å². The predicted octanol–water partition coefficient (Wildman–Crippen LogP) is 3.33. The van der Waals surface area contributed by atoms with Crippen molar-refractivity contribution < 1.29 is 9.50 Å². The summed E-state index contributed by atoms with van der Waals surface area (Å²) in [6.45, 7) is 3.72. The van der Waals surface area contributed by atoms with E-state index in [9.17, 15) is 9.50 Å². The minimum atomic E-state index is -1.15. The Bertz CT molecular complexity index is 622. The van der Waals surface area contributed by atoms with Crippen LogP contribution in [0, 0.1) is 5.82 Å². The average molecular weight is 341 g/mol. The zero-order chi connectivity index (χ0) is 14.9. The summed E-state index contributed by atoms with van der Waals surface area (Å²) in [5.74, 6) is -0.346. The highest BCUT2D eigenvalue weighted by atomic mass is 79.9. The Hall–Kier alpha value is -1.20. The van der Waals surface area contributed by atoms with Crippen LogP contribution >= 0.6 is 15.9 Å². The van der Waals surface area contributed by atoms with Crippen LogP contribution in [0.25, 0.3) is 0 Å². The summed E-state index contributed by atoms with van der Waals surface area (Å²) in [4.78, 5) is 0. The molecule has 0 spiro atoms. The summed E-state index contributed by atoms with van der Waals surface area (Å²) < 4.78 is 16.0. The van der Waals surface area contributed by atoms with Crippen molar-refractivity contribution in [3.05, 3.63) is 51.5 Å². The van der Waals surface area contributed by atoms with Crippen molar-refractivity contribution in [2.24, 2.45) is 7.05 Å². The molecule has 108 valence electrons. The van der Waals surface area contributed by atoms with Crippen LogP contribution < -0.4 is 0 Å². The molecule has 0 bridgehead atoms. The number of hydrogen-bond donors (Lipinski definition) is 1. The number of aromatic nitrogens is 2. The Labute approximate surface area is 126 Å². The zero-order valence-electron chi connectivity index (χ0n) is 11.8. The molecule has 3 nitrogen and oxygen atoms in total. The number of halogens is 2. The monoisotopic (exact) mass is 340 g/mol. The van der Waals surface area contributed by atoms with Crippen LogP contribution in [-0.4, -0.2) is 14.9 Å². The van der Waals surface area contributed by atoms with Crippen LogP contribution in [-0.2, 0) is 25.5 Å². The van der Waals surface area contributed by atoms with Crippen LogP contribution in [0.5, 0.6) is 0 Å². The molecule has 0 fully saturated rings. The van der Waals surface area contributed by atoms with Gasteiger partial charge in [0.05, 0.1) is 21.5 Å². The molecule has 0 aliphatic carbocycles. The predicted molar refractivity (Wildman–Crippen MR) is 80.0 cm³/mol. The van der Waals surface area contributed by atoms with Crippen molar-refractivity contribution in [3.63, 3.8) is 0 Å². The Morgan fingerprint density at radius 1 is 1.45 bits per heavy atom. The number of aliphatic hydroxyl groups is 1. The smallest absolute Gasteiger partial charge is 0.123 e. The molecule has 1 atom stereocenters. The van der Waals surface area contributed by atoms with Crippen molar-refractivity contribution >= 4 is 15.9 Å². The van der Waals surface area contributed by atoms with Gasteiger partial charge in [-0.2, -0.15) is 5.10 Å². The van der Waals surface area contributed by atoms with E-state index < -0.39 is 5.60 Å². The number of benzene rings is 1. The second kappa shape index (κ2) is 5.66. The molecule has 0 aliphatic rings. The van der Waals surface area contributed by atoms with Gasteiger partial charge in [0.2, 0.25) is 0 Å². The minimum Gasteiger partial charge on any atom is -0.385 e. The molecule has 1 N–H and O–H groups in total. The largest absolute Gasteiger partial charge is 0.385 e.